The van der Waals surface area contributed by atoms with Crippen LogP contribution in [0.2, 0.25) is 5.02 Å². The van der Waals surface area contributed by atoms with Gasteiger partial charge in [0.25, 0.3) is 0 Å². The van der Waals surface area contributed by atoms with Crippen molar-refractivity contribution in [1.29, 1.82) is 0 Å². The third-order valence-electron chi connectivity index (χ3n) is 2.55. The van der Waals surface area contributed by atoms with Crippen molar-refractivity contribution in [2.24, 2.45) is 0 Å². The van der Waals surface area contributed by atoms with Gasteiger partial charge in [-0.3, -0.25) is 0 Å². The number of rotatable bonds is 3. The maximum Gasteiger partial charge on any atom is 0.140 e. The van der Waals surface area contributed by atoms with E-state index in [0.717, 1.165) is 17.8 Å². The van der Waals surface area contributed by atoms with Crippen LogP contribution in [0.3, 0.4) is 0 Å². The zero-order chi connectivity index (χ0) is 14.0. The lowest BCUT2D eigenvalue weighted by Crippen LogP contribution is -1.91. The minimum Gasteiger partial charge on any atom is -0.389 e. The lowest BCUT2D eigenvalue weighted by molar-refractivity contribution is 0.199. The first-order valence-electron chi connectivity index (χ1n) is 5.58. The van der Waals surface area contributed by atoms with Crippen LogP contribution in [0, 0.1) is 11.6 Å². The van der Waals surface area contributed by atoms with Crippen LogP contribution >= 0.6 is 23.4 Å². The van der Waals surface area contributed by atoms with Gasteiger partial charge in [-0.05, 0) is 36.8 Å². The Hall–Kier alpha value is -1.10. The predicted molar refractivity (Wildman–Crippen MR) is 72.6 cm³/mol. The fraction of sp³-hybridized carbons (Fsp3) is 0.143. The van der Waals surface area contributed by atoms with E-state index < -0.39 is 17.7 Å². The highest BCUT2D eigenvalue weighted by atomic mass is 35.5. The monoisotopic (exact) mass is 300 g/mol. The van der Waals surface area contributed by atoms with Gasteiger partial charge >= 0.3 is 0 Å². The van der Waals surface area contributed by atoms with Gasteiger partial charge in [-0.1, -0.05) is 29.4 Å². The molecule has 19 heavy (non-hydrogen) atoms. The van der Waals surface area contributed by atoms with Crippen LogP contribution in [0.5, 0.6) is 0 Å². The van der Waals surface area contributed by atoms with Crippen molar-refractivity contribution in [2.45, 2.75) is 22.8 Å². The van der Waals surface area contributed by atoms with E-state index in [0.29, 0.717) is 20.4 Å². The molecule has 0 amide bonds. The first-order chi connectivity index (χ1) is 8.97. The Labute approximate surface area is 119 Å². The van der Waals surface area contributed by atoms with Gasteiger partial charge < -0.3 is 5.11 Å². The van der Waals surface area contributed by atoms with E-state index in [4.69, 9.17) is 11.6 Å². The Kier molecular flexibility index (Phi) is 4.45. The van der Waals surface area contributed by atoms with Crippen molar-refractivity contribution in [3.8, 4) is 0 Å². The minimum absolute atomic E-state index is 0.299. The number of benzene rings is 2. The van der Waals surface area contributed by atoms with Crippen LogP contribution in [-0.2, 0) is 0 Å². The average molecular weight is 301 g/mol. The smallest absolute Gasteiger partial charge is 0.140 e. The second-order valence-electron chi connectivity index (χ2n) is 4.04. The largest absolute Gasteiger partial charge is 0.389 e. The molecule has 0 aliphatic carbocycles. The van der Waals surface area contributed by atoms with Gasteiger partial charge in [0.2, 0.25) is 0 Å². The molecular weight excluding hydrogens is 290 g/mol. The van der Waals surface area contributed by atoms with Crippen LogP contribution in [0.15, 0.2) is 46.2 Å². The van der Waals surface area contributed by atoms with Gasteiger partial charge in [0, 0.05) is 15.9 Å². The molecule has 1 atom stereocenters. The number of aliphatic hydroxyl groups is 1. The highest BCUT2D eigenvalue weighted by Gasteiger charge is 2.10. The van der Waals surface area contributed by atoms with Gasteiger partial charge in [0.1, 0.15) is 11.6 Å². The summed E-state index contributed by atoms with van der Waals surface area (Å²) in [4.78, 5) is 0.949. The van der Waals surface area contributed by atoms with Crippen molar-refractivity contribution >= 4 is 23.4 Å². The average Bonchev–Trinajstić information content (AvgIpc) is 2.34. The number of hydrogen-bond donors (Lipinski definition) is 1. The molecule has 0 spiro atoms. The fourth-order valence-electron chi connectivity index (χ4n) is 1.54. The summed E-state index contributed by atoms with van der Waals surface area (Å²) in [6, 6.07) is 8.46. The molecule has 1 nitrogen and oxygen atoms in total. The molecule has 1 N–H and O–H groups in total. The lowest BCUT2D eigenvalue weighted by atomic mass is 10.1. The van der Waals surface area contributed by atoms with Gasteiger partial charge in [-0.25, -0.2) is 8.78 Å². The number of aliphatic hydroxyl groups excluding tert-OH is 1. The minimum atomic E-state index is -0.624. The van der Waals surface area contributed by atoms with Crippen molar-refractivity contribution in [2.75, 3.05) is 0 Å². The quantitative estimate of drug-likeness (QED) is 0.876. The van der Waals surface area contributed by atoms with E-state index in [9.17, 15) is 13.9 Å². The molecule has 2 aromatic rings. The zero-order valence-electron chi connectivity index (χ0n) is 10.0. The first kappa shape index (κ1) is 14.3. The van der Waals surface area contributed by atoms with Crippen molar-refractivity contribution in [3.05, 3.63) is 58.6 Å². The molecule has 2 aromatic carbocycles. The van der Waals surface area contributed by atoms with Crippen LogP contribution < -0.4 is 0 Å². The Morgan fingerprint density at radius 1 is 1.11 bits per heavy atom. The van der Waals surface area contributed by atoms with Crippen molar-refractivity contribution in [1.82, 2.24) is 0 Å². The summed E-state index contributed by atoms with van der Waals surface area (Å²) < 4.78 is 26.3. The van der Waals surface area contributed by atoms with Crippen LogP contribution in [0.1, 0.15) is 18.6 Å². The fourth-order valence-corrected chi connectivity index (χ4v) is 2.66. The summed E-state index contributed by atoms with van der Waals surface area (Å²) >= 11 is 7.19. The van der Waals surface area contributed by atoms with E-state index >= 15 is 0 Å². The molecule has 1 unspecified atom stereocenters. The van der Waals surface area contributed by atoms with E-state index in [-0.39, 0.29) is 0 Å². The Balaban J connectivity index is 2.28. The van der Waals surface area contributed by atoms with Gasteiger partial charge in [0.05, 0.1) is 11.1 Å². The van der Waals surface area contributed by atoms with Crippen molar-refractivity contribution < 1.29 is 13.9 Å². The molecule has 0 aliphatic heterocycles. The first-order valence-corrected chi connectivity index (χ1v) is 6.77. The van der Waals surface area contributed by atoms with Crippen LogP contribution in [-0.4, -0.2) is 5.11 Å². The van der Waals surface area contributed by atoms with Crippen LogP contribution in [0.25, 0.3) is 0 Å². The van der Waals surface area contributed by atoms with E-state index in [1.54, 1.807) is 25.1 Å². The van der Waals surface area contributed by atoms with Gasteiger partial charge in [-0.2, -0.15) is 0 Å². The Morgan fingerprint density at radius 2 is 1.79 bits per heavy atom. The molecule has 0 bridgehead atoms. The highest BCUT2D eigenvalue weighted by Crippen LogP contribution is 2.36. The van der Waals surface area contributed by atoms with Gasteiger partial charge in [0.15, 0.2) is 0 Å². The summed E-state index contributed by atoms with van der Waals surface area (Å²) in [5, 5.41) is 9.86. The molecule has 0 fully saturated rings. The third kappa shape index (κ3) is 3.47. The molecule has 0 saturated heterocycles. The molecule has 2 rings (SSSR count). The number of hydrogen-bond acceptors (Lipinski definition) is 2. The van der Waals surface area contributed by atoms with Crippen LogP contribution in [0.4, 0.5) is 8.78 Å². The lowest BCUT2D eigenvalue weighted by Gasteiger charge is -2.09. The molecule has 0 aliphatic rings. The zero-order valence-corrected chi connectivity index (χ0v) is 11.6. The van der Waals surface area contributed by atoms with Crippen molar-refractivity contribution in [3.63, 3.8) is 0 Å². The summed E-state index contributed by atoms with van der Waals surface area (Å²) in [5.41, 5.74) is 0.689. The molecule has 0 aromatic heterocycles. The SMILES string of the molecule is CC(O)c1ccc(Sc2ccc(F)cc2F)c(Cl)c1. The Bertz CT molecular complexity index is 602. The molecule has 100 valence electrons. The van der Waals surface area contributed by atoms with Gasteiger partial charge in [-0.15, -0.1) is 0 Å². The second-order valence-corrected chi connectivity index (χ2v) is 5.53. The molecule has 0 radical (unpaired) electrons. The maximum atomic E-state index is 13.5. The van der Waals surface area contributed by atoms with E-state index in [1.165, 1.54) is 12.1 Å². The normalized spacial score (nSPS) is 12.5. The number of halogens is 3. The third-order valence-corrected chi connectivity index (χ3v) is 4.10. The molecular formula is C14H11ClF2OS. The van der Waals surface area contributed by atoms with E-state index in [1.807, 2.05) is 0 Å². The highest BCUT2D eigenvalue weighted by molar-refractivity contribution is 7.99. The van der Waals surface area contributed by atoms with E-state index in [2.05, 4.69) is 0 Å². The standard InChI is InChI=1S/C14H11ClF2OS/c1-8(18)9-2-4-13(11(15)6-9)19-14-5-3-10(16)7-12(14)17/h2-8,18H,1H3. The predicted octanol–water partition coefficient (Wildman–Crippen LogP) is 4.82. The summed E-state index contributed by atoms with van der Waals surface area (Å²) in [5.74, 6) is -1.24. The topological polar surface area (TPSA) is 20.2 Å². The molecule has 0 saturated carbocycles. The Morgan fingerprint density at radius 3 is 2.37 bits per heavy atom. The molecule has 5 heteroatoms. The molecule has 0 heterocycles. The summed E-state index contributed by atoms with van der Waals surface area (Å²) in [7, 11) is 0. The summed E-state index contributed by atoms with van der Waals surface area (Å²) in [6.07, 6.45) is -0.612. The second kappa shape index (κ2) is 5.90. The summed E-state index contributed by atoms with van der Waals surface area (Å²) in [6.45, 7) is 1.64. The maximum absolute atomic E-state index is 13.5.